The third-order valence-corrected chi connectivity index (χ3v) is 5.65. The van der Waals surface area contributed by atoms with Gasteiger partial charge >= 0.3 is 0 Å². The van der Waals surface area contributed by atoms with Crippen LogP contribution in [0.25, 0.3) is 0 Å². The largest absolute Gasteiger partial charge is 0.328 e. The molecular formula is C19H23N3OS. The molecule has 0 bridgehead atoms. The second-order valence-electron chi connectivity index (χ2n) is 6.81. The number of carbonyl (C=O) groups is 1. The van der Waals surface area contributed by atoms with Crippen molar-refractivity contribution in [2.75, 3.05) is 4.90 Å². The molecule has 0 aromatic heterocycles. The predicted octanol–water partition coefficient (Wildman–Crippen LogP) is 3.96. The molecule has 1 aliphatic carbocycles. The van der Waals surface area contributed by atoms with Gasteiger partial charge in [0.25, 0.3) is 5.91 Å². The minimum Gasteiger partial charge on any atom is -0.328 e. The lowest BCUT2D eigenvalue weighted by atomic mass is 9.93. The zero-order valence-electron chi connectivity index (χ0n) is 14.2. The van der Waals surface area contributed by atoms with Gasteiger partial charge in [0.1, 0.15) is 17.3 Å². The van der Waals surface area contributed by atoms with E-state index in [1.54, 1.807) is 0 Å². The fourth-order valence-corrected chi connectivity index (χ4v) is 4.20. The molecule has 2 aliphatic rings. The Labute approximate surface area is 148 Å². The molecule has 24 heavy (non-hydrogen) atoms. The Hall–Kier alpha value is -1.93. The highest BCUT2D eigenvalue weighted by Crippen LogP contribution is 2.41. The maximum atomic E-state index is 12.5. The lowest BCUT2D eigenvalue weighted by molar-refractivity contribution is -0.119. The summed E-state index contributed by atoms with van der Waals surface area (Å²) in [5.41, 5.74) is 3.00. The molecule has 1 aromatic rings. The van der Waals surface area contributed by atoms with Crippen LogP contribution in [0.2, 0.25) is 0 Å². The van der Waals surface area contributed by atoms with Crippen LogP contribution >= 0.6 is 12.6 Å². The molecule has 5 heteroatoms. The standard InChI is InChI=1S/C19H23N3OS/c1-13-7-8-15(11-14(13)2)22-18(24)16(12-20)17(23)21-19(22)9-5-3-4-6-10-19/h7-8,11,24H,3-6,9-10H2,1-2H3,(H,21,23). The molecule has 1 heterocycles. The first-order valence-electron chi connectivity index (χ1n) is 8.52. The molecular weight excluding hydrogens is 318 g/mol. The fourth-order valence-electron chi connectivity index (χ4n) is 3.74. The maximum absolute atomic E-state index is 12.5. The summed E-state index contributed by atoms with van der Waals surface area (Å²) in [4.78, 5) is 14.5. The minimum atomic E-state index is -0.479. The van der Waals surface area contributed by atoms with Crippen LogP contribution in [-0.2, 0) is 4.79 Å². The molecule has 4 nitrogen and oxygen atoms in total. The number of rotatable bonds is 1. The van der Waals surface area contributed by atoms with Crippen molar-refractivity contribution < 1.29 is 4.79 Å². The van der Waals surface area contributed by atoms with Crippen molar-refractivity contribution in [2.45, 2.75) is 58.0 Å². The molecule has 1 saturated carbocycles. The molecule has 1 fully saturated rings. The van der Waals surface area contributed by atoms with E-state index >= 15 is 0 Å². The molecule has 0 saturated heterocycles. The van der Waals surface area contributed by atoms with E-state index in [1.807, 2.05) is 6.07 Å². The van der Waals surface area contributed by atoms with E-state index < -0.39 is 5.66 Å². The highest BCUT2D eigenvalue weighted by atomic mass is 32.1. The van der Waals surface area contributed by atoms with Gasteiger partial charge in [-0.25, -0.2) is 0 Å². The Bertz CT molecular complexity index is 739. The van der Waals surface area contributed by atoms with E-state index in [9.17, 15) is 10.1 Å². The lowest BCUT2D eigenvalue weighted by Crippen LogP contribution is -2.63. The Kier molecular flexibility index (Phi) is 4.60. The van der Waals surface area contributed by atoms with Gasteiger partial charge in [0.15, 0.2) is 0 Å². The zero-order chi connectivity index (χ0) is 17.3. The number of benzene rings is 1. The molecule has 1 spiro atoms. The molecule has 3 rings (SSSR count). The molecule has 1 N–H and O–H groups in total. The van der Waals surface area contributed by atoms with Gasteiger partial charge in [-0.3, -0.25) is 4.79 Å². The number of hydrogen-bond donors (Lipinski definition) is 2. The van der Waals surface area contributed by atoms with Gasteiger partial charge in [-0.15, -0.1) is 12.6 Å². The van der Waals surface area contributed by atoms with Crippen molar-refractivity contribution in [3.8, 4) is 6.07 Å². The Morgan fingerprint density at radius 3 is 2.42 bits per heavy atom. The van der Waals surface area contributed by atoms with E-state index in [0.29, 0.717) is 5.03 Å². The Morgan fingerprint density at radius 2 is 1.83 bits per heavy atom. The second-order valence-corrected chi connectivity index (χ2v) is 7.24. The van der Waals surface area contributed by atoms with Crippen LogP contribution in [0.3, 0.4) is 0 Å². The van der Waals surface area contributed by atoms with Gasteiger partial charge in [0.2, 0.25) is 0 Å². The van der Waals surface area contributed by atoms with Gasteiger partial charge in [-0.05, 0) is 62.8 Å². The highest BCUT2D eigenvalue weighted by Gasteiger charge is 2.45. The van der Waals surface area contributed by atoms with E-state index in [-0.39, 0.29) is 11.5 Å². The van der Waals surface area contributed by atoms with Crippen LogP contribution in [0.5, 0.6) is 0 Å². The first kappa shape index (κ1) is 16.9. The van der Waals surface area contributed by atoms with Crippen molar-refractivity contribution in [1.29, 1.82) is 5.26 Å². The van der Waals surface area contributed by atoms with Crippen LogP contribution in [0.15, 0.2) is 28.8 Å². The van der Waals surface area contributed by atoms with Gasteiger partial charge in [0, 0.05) is 5.69 Å². The molecule has 126 valence electrons. The van der Waals surface area contributed by atoms with Crippen LogP contribution < -0.4 is 10.2 Å². The summed E-state index contributed by atoms with van der Waals surface area (Å²) in [5.74, 6) is -0.301. The van der Waals surface area contributed by atoms with Crippen molar-refractivity contribution in [2.24, 2.45) is 0 Å². The third-order valence-electron chi connectivity index (χ3n) is 5.23. The summed E-state index contributed by atoms with van der Waals surface area (Å²) in [5, 5.41) is 13.0. The molecule has 1 aromatic carbocycles. The quantitative estimate of drug-likeness (QED) is 0.760. The van der Waals surface area contributed by atoms with E-state index in [2.05, 4.69) is 54.9 Å². The summed E-state index contributed by atoms with van der Waals surface area (Å²) in [7, 11) is 0. The van der Waals surface area contributed by atoms with Gasteiger partial charge in [-0.2, -0.15) is 5.26 Å². The molecule has 1 aliphatic heterocycles. The Morgan fingerprint density at radius 1 is 1.17 bits per heavy atom. The molecule has 0 unspecified atom stereocenters. The number of anilines is 1. The number of hydrogen-bond acceptors (Lipinski definition) is 4. The predicted molar refractivity (Wildman–Crippen MR) is 98.6 cm³/mol. The number of carbonyl (C=O) groups excluding carboxylic acids is 1. The molecule has 0 atom stereocenters. The average molecular weight is 341 g/mol. The summed E-state index contributed by atoms with van der Waals surface area (Å²) >= 11 is 4.60. The number of thiol groups is 1. The normalized spacial score (nSPS) is 20.6. The van der Waals surface area contributed by atoms with Crippen molar-refractivity contribution >= 4 is 24.2 Å². The zero-order valence-corrected chi connectivity index (χ0v) is 15.1. The van der Waals surface area contributed by atoms with Gasteiger partial charge in [-0.1, -0.05) is 18.9 Å². The average Bonchev–Trinajstić information content (AvgIpc) is 2.77. The van der Waals surface area contributed by atoms with Crippen molar-refractivity contribution in [3.05, 3.63) is 39.9 Å². The van der Waals surface area contributed by atoms with Gasteiger partial charge in [0.05, 0.1) is 5.03 Å². The number of amides is 1. The number of nitriles is 1. The van der Waals surface area contributed by atoms with Crippen LogP contribution in [0.1, 0.15) is 49.7 Å². The maximum Gasteiger partial charge on any atom is 0.266 e. The van der Waals surface area contributed by atoms with Crippen LogP contribution in [-0.4, -0.2) is 11.6 Å². The highest BCUT2D eigenvalue weighted by molar-refractivity contribution is 7.84. The first-order chi connectivity index (χ1) is 11.5. The summed E-state index contributed by atoms with van der Waals surface area (Å²) in [6.07, 6.45) is 6.21. The topological polar surface area (TPSA) is 56.1 Å². The van der Waals surface area contributed by atoms with E-state index in [4.69, 9.17) is 0 Å². The fraction of sp³-hybridized carbons (Fsp3) is 0.474. The van der Waals surface area contributed by atoms with Crippen molar-refractivity contribution in [3.63, 3.8) is 0 Å². The minimum absolute atomic E-state index is 0.0893. The van der Waals surface area contributed by atoms with Crippen LogP contribution in [0, 0.1) is 25.2 Å². The number of aryl methyl sites for hydroxylation is 2. The monoisotopic (exact) mass is 341 g/mol. The van der Waals surface area contributed by atoms with E-state index in [0.717, 1.165) is 31.4 Å². The van der Waals surface area contributed by atoms with E-state index in [1.165, 1.54) is 24.0 Å². The number of nitrogens with one attached hydrogen (secondary N) is 1. The SMILES string of the molecule is Cc1ccc(N2C(S)=C(C#N)C(=O)NC23CCCCCC3)cc1C. The molecule has 1 amide bonds. The Balaban J connectivity index is 2.17. The first-order valence-corrected chi connectivity index (χ1v) is 8.96. The summed E-state index contributed by atoms with van der Waals surface area (Å²) < 4.78 is 0. The summed E-state index contributed by atoms with van der Waals surface area (Å²) in [6, 6.07) is 8.27. The second kappa shape index (κ2) is 6.52. The van der Waals surface area contributed by atoms with Crippen LogP contribution in [0.4, 0.5) is 5.69 Å². The molecule has 0 radical (unpaired) electrons. The third kappa shape index (κ3) is 2.80. The van der Waals surface area contributed by atoms with Crippen molar-refractivity contribution in [1.82, 2.24) is 5.32 Å². The lowest BCUT2D eigenvalue weighted by Gasteiger charge is -2.48. The summed E-state index contributed by atoms with van der Waals surface area (Å²) in [6.45, 7) is 4.16. The smallest absolute Gasteiger partial charge is 0.266 e. The van der Waals surface area contributed by atoms with Gasteiger partial charge < -0.3 is 10.2 Å². The number of nitrogens with zero attached hydrogens (tertiary/aromatic N) is 2.